The van der Waals surface area contributed by atoms with Crippen molar-refractivity contribution in [1.82, 2.24) is 14.7 Å². The zero-order valence-corrected chi connectivity index (χ0v) is 20.6. The summed E-state index contributed by atoms with van der Waals surface area (Å²) in [4.78, 5) is 20.1. The number of sulfonamides is 1. The first-order chi connectivity index (χ1) is 15.4. The van der Waals surface area contributed by atoms with Crippen LogP contribution in [0.15, 0.2) is 47.6 Å². The van der Waals surface area contributed by atoms with Crippen LogP contribution < -0.4 is 9.46 Å². The fraction of sp³-hybridized carbons (Fsp3) is 0.417. The number of aromatic amines is 1. The van der Waals surface area contributed by atoms with Crippen molar-refractivity contribution in [2.45, 2.75) is 57.6 Å². The second kappa shape index (κ2) is 9.52. The molecule has 0 spiro atoms. The maximum absolute atomic E-state index is 13.4. The van der Waals surface area contributed by atoms with Gasteiger partial charge in [0.2, 0.25) is 10.0 Å². The highest BCUT2D eigenvalue weighted by Gasteiger charge is 2.33. The first-order valence-electron chi connectivity index (χ1n) is 10.7. The van der Waals surface area contributed by atoms with Crippen LogP contribution in [-0.4, -0.2) is 43.1 Å². The Morgan fingerprint density at radius 1 is 1.15 bits per heavy atom. The van der Waals surface area contributed by atoms with Crippen molar-refractivity contribution in [2.24, 2.45) is 5.92 Å². The molecule has 0 unspecified atom stereocenters. The molecule has 178 valence electrons. The Morgan fingerprint density at radius 2 is 1.88 bits per heavy atom. The maximum Gasteiger partial charge on any atom is 0.324 e. The highest BCUT2D eigenvalue weighted by atomic mass is 32.2. The van der Waals surface area contributed by atoms with Gasteiger partial charge in [-0.25, -0.2) is 13.4 Å². The molecular formula is C24H31N3O5S. The van der Waals surface area contributed by atoms with Crippen molar-refractivity contribution < 1.29 is 22.7 Å². The number of carbonyl (C=O) groups is 1. The van der Waals surface area contributed by atoms with E-state index in [1.54, 1.807) is 53.1 Å². The monoisotopic (exact) mass is 473 g/mol. The summed E-state index contributed by atoms with van der Waals surface area (Å²) in [6.07, 6.45) is 1.96. The number of hydrogen-bond acceptors (Lipinski definition) is 6. The number of rotatable bonds is 8. The Bertz CT molecular complexity index is 1240. The number of esters is 1. The molecule has 0 aliphatic heterocycles. The van der Waals surface area contributed by atoms with Gasteiger partial charge in [-0.1, -0.05) is 19.9 Å². The minimum absolute atomic E-state index is 0.0854. The molecule has 9 heteroatoms. The van der Waals surface area contributed by atoms with E-state index >= 15 is 0 Å². The molecule has 2 N–H and O–H groups in total. The third-order valence-electron chi connectivity index (χ3n) is 5.05. The number of methoxy groups -OCH3 is 1. The average molecular weight is 474 g/mol. The molecule has 33 heavy (non-hydrogen) atoms. The molecule has 0 amide bonds. The quantitative estimate of drug-likeness (QED) is 0.482. The molecule has 1 heterocycles. The molecule has 0 aliphatic carbocycles. The third kappa shape index (κ3) is 6.11. The molecule has 0 fully saturated rings. The van der Waals surface area contributed by atoms with Gasteiger partial charge in [-0.3, -0.25) is 4.79 Å². The van der Waals surface area contributed by atoms with E-state index in [1.165, 1.54) is 13.2 Å². The standard InChI is InChI=1S/C24H31N3O5S/c1-15(2)22(23(28)32-24(3,4)5)27-33(29,30)21-10-8-18(31-6)13-17(21)11-16-7-9-19-20(12-16)26-14-25-19/h7-10,12-15,22,27H,11H2,1-6H3,(H,25,26)/t22-/m1/s1. The summed E-state index contributed by atoms with van der Waals surface area (Å²) in [5.74, 6) is -0.376. The summed E-state index contributed by atoms with van der Waals surface area (Å²) in [5, 5.41) is 0. The van der Waals surface area contributed by atoms with E-state index in [1.807, 2.05) is 18.2 Å². The number of H-pyrrole nitrogens is 1. The van der Waals surface area contributed by atoms with Crippen LogP contribution >= 0.6 is 0 Å². The molecule has 1 aromatic heterocycles. The van der Waals surface area contributed by atoms with Gasteiger partial charge < -0.3 is 14.5 Å². The van der Waals surface area contributed by atoms with Crippen molar-refractivity contribution in [1.29, 1.82) is 0 Å². The number of carbonyl (C=O) groups excluding carboxylic acids is 1. The van der Waals surface area contributed by atoms with Crippen molar-refractivity contribution in [2.75, 3.05) is 7.11 Å². The largest absolute Gasteiger partial charge is 0.497 e. The molecule has 3 rings (SSSR count). The molecule has 3 aromatic rings. The van der Waals surface area contributed by atoms with E-state index in [0.717, 1.165) is 16.6 Å². The lowest BCUT2D eigenvalue weighted by molar-refractivity contribution is -0.158. The first-order valence-corrected chi connectivity index (χ1v) is 12.2. The van der Waals surface area contributed by atoms with Gasteiger partial charge >= 0.3 is 5.97 Å². The van der Waals surface area contributed by atoms with E-state index in [0.29, 0.717) is 17.7 Å². The molecule has 0 saturated heterocycles. The second-order valence-electron chi connectivity index (χ2n) is 9.28. The van der Waals surface area contributed by atoms with Crippen molar-refractivity contribution in [3.63, 3.8) is 0 Å². The Kier molecular flexibility index (Phi) is 7.14. The topological polar surface area (TPSA) is 110 Å². The SMILES string of the molecule is COc1ccc(S(=O)(=O)N[C@@H](C(=O)OC(C)(C)C)C(C)C)c(Cc2ccc3nc[nH]c3c2)c1. The van der Waals surface area contributed by atoms with E-state index < -0.39 is 27.6 Å². The number of imidazole rings is 1. The number of nitrogens with one attached hydrogen (secondary N) is 2. The molecule has 0 aliphatic rings. The molecule has 0 bridgehead atoms. The lowest BCUT2D eigenvalue weighted by Gasteiger charge is -2.26. The average Bonchev–Trinajstić information content (AvgIpc) is 3.18. The lowest BCUT2D eigenvalue weighted by Crippen LogP contribution is -2.47. The lowest BCUT2D eigenvalue weighted by atomic mass is 10.0. The summed E-state index contributed by atoms with van der Waals surface area (Å²) < 4.78 is 40.2. The molecule has 0 saturated carbocycles. The van der Waals surface area contributed by atoms with Gasteiger partial charge in [-0.15, -0.1) is 0 Å². The summed E-state index contributed by atoms with van der Waals surface area (Å²) in [6, 6.07) is 9.48. The Balaban J connectivity index is 1.96. The minimum atomic E-state index is -4.04. The predicted octanol–water partition coefficient (Wildman–Crippen LogP) is 3.81. The number of hydrogen-bond donors (Lipinski definition) is 2. The van der Waals surface area contributed by atoms with Gasteiger partial charge in [0, 0.05) is 0 Å². The second-order valence-corrected chi connectivity index (χ2v) is 11.0. The Labute approximate surface area is 194 Å². The summed E-state index contributed by atoms with van der Waals surface area (Å²) >= 11 is 0. The van der Waals surface area contributed by atoms with E-state index in [2.05, 4.69) is 14.7 Å². The fourth-order valence-electron chi connectivity index (χ4n) is 3.45. The summed E-state index contributed by atoms with van der Waals surface area (Å²) in [5.41, 5.74) is 2.42. The summed E-state index contributed by atoms with van der Waals surface area (Å²) in [6.45, 7) is 8.77. The zero-order chi connectivity index (χ0) is 24.4. The van der Waals surface area contributed by atoms with Gasteiger partial charge in [0.1, 0.15) is 17.4 Å². The van der Waals surface area contributed by atoms with Crippen LogP contribution in [0.3, 0.4) is 0 Å². The van der Waals surface area contributed by atoms with E-state index in [4.69, 9.17) is 9.47 Å². The first kappa shape index (κ1) is 24.7. The molecular weight excluding hydrogens is 442 g/mol. The number of nitrogens with zero attached hydrogens (tertiary/aromatic N) is 1. The van der Waals surface area contributed by atoms with Crippen LogP contribution in [0, 0.1) is 5.92 Å². The van der Waals surface area contributed by atoms with Crippen LogP contribution in [0.2, 0.25) is 0 Å². The maximum atomic E-state index is 13.4. The van der Waals surface area contributed by atoms with Crippen LogP contribution in [0.1, 0.15) is 45.7 Å². The smallest absolute Gasteiger partial charge is 0.324 e. The van der Waals surface area contributed by atoms with E-state index in [9.17, 15) is 13.2 Å². The van der Waals surface area contributed by atoms with Crippen LogP contribution in [-0.2, 0) is 26.0 Å². The number of ether oxygens (including phenoxy) is 2. The zero-order valence-electron chi connectivity index (χ0n) is 19.8. The van der Waals surface area contributed by atoms with Gasteiger partial charge in [0.25, 0.3) is 0 Å². The highest BCUT2D eigenvalue weighted by Crippen LogP contribution is 2.26. The van der Waals surface area contributed by atoms with E-state index in [-0.39, 0.29) is 10.8 Å². The number of aromatic nitrogens is 2. The third-order valence-corrected chi connectivity index (χ3v) is 6.59. The van der Waals surface area contributed by atoms with Gasteiger partial charge in [0.05, 0.1) is 29.4 Å². The Hall–Kier alpha value is -2.91. The molecule has 2 aromatic carbocycles. The van der Waals surface area contributed by atoms with Crippen molar-refractivity contribution >= 4 is 27.0 Å². The predicted molar refractivity (Wildman–Crippen MR) is 127 cm³/mol. The highest BCUT2D eigenvalue weighted by molar-refractivity contribution is 7.89. The number of benzene rings is 2. The fourth-order valence-corrected chi connectivity index (χ4v) is 5.00. The number of fused-ring (bicyclic) bond motifs is 1. The van der Waals surface area contributed by atoms with Crippen molar-refractivity contribution in [3.8, 4) is 5.75 Å². The molecule has 0 radical (unpaired) electrons. The van der Waals surface area contributed by atoms with Crippen LogP contribution in [0.5, 0.6) is 5.75 Å². The summed E-state index contributed by atoms with van der Waals surface area (Å²) in [7, 11) is -2.51. The van der Waals surface area contributed by atoms with Gasteiger partial charge in [-0.05, 0) is 74.6 Å². The van der Waals surface area contributed by atoms with Crippen molar-refractivity contribution in [3.05, 3.63) is 53.9 Å². The van der Waals surface area contributed by atoms with Crippen LogP contribution in [0.25, 0.3) is 11.0 Å². The minimum Gasteiger partial charge on any atom is -0.497 e. The molecule has 1 atom stereocenters. The van der Waals surface area contributed by atoms with Crippen LogP contribution in [0.4, 0.5) is 0 Å². The van der Waals surface area contributed by atoms with Gasteiger partial charge in [-0.2, -0.15) is 4.72 Å². The molecule has 8 nitrogen and oxygen atoms in total. The van der Waals surface area contributed by atoms with Gasteiger partial charge in [0.15, 0.2) is 0 Å². The normalized spacial score (nSPS) is 13.3. The Morgan fingerprint density at radius 3 is 2.52 bits per heavy atom.